The van der Waals surface area contributed by atoms with Crippen molar-refractivity contribution in [3.8, 4) is 0 Å². The van der Waals surface area contributed by atoms with Crippen LogP contribution in [0.2, 0.25) is 0 Å². The van der Waals surface area contributed by atoms with Gasteiger partial charge in [-0.15, -0.1) is 0 Å². The molecule has 0 amide bonds. The summed E-state index contributed by atoms with van der Waals surface area (Å²) in [5.74, 6) is 0.669. The molecule has 1 aromatic heterocycles. The van der Waals surface area contributed by atoms with Crippen LogP contribution in [-0.2, 0) is 16.6 Å². The van der Waals surface area contributed by atoms with Gasteiger partial charge in [0.1, 0.15) is 5.52 Å². The molecular formula is C21H25N3O3S. The van der Waals surface area contributed by atoms with Crippen molar-refractivity contribution in [2.24, 2.45) is 0 Å². The third kappa shape index (κ3) is 3.57. The van der Waals surface area contributed by atoms with E-state index >= 15 is 0 Å². The highest BCUT2D eigenvalue weighted by Crippen LogP contribution is 2.25. The van der Waals surface area contributed by atoms with Gasteiger partial charge in [-0.25, -0.2) is 13.4 Å². The lowest BCUT2D eigenvalue weighted by Crippen LogP contribution is -2.48. The molecule has 0 N–H and O–H groups in total. The highest BCUT2D eigenvalue weighted by Gasteiger charge is 2.30. The monoisotopic (exact) mass is 399 g/mol. The Morgan fingerprint density at radius 1 is 0.964 bits per heavy atom. The fraction of sp³-hybridized carbons (Fsp3) is 0.381. The first kappa shape index (κ1) is 19.1. The van der Waals surface area contributed by atoms with Crippen molar-refractivity contribution in [1.29, 1.82) is 0 Å². The first-order valence-corrected chi connectivity index (χ1v) is 10.9. The zero-order valence-electron chi connectivity index (χ0n) is 16.5. The number of hydrogen-bond acceptors (Lipinski definition) is 5. The number of aryl methyl sites for hydroxylation is 3. The molecule has 1 aliphatic rings. The third-order valence-corrected chi connectivity index (χ3v) is 7.48. The predicted octanol–water partition coefficient (Wildman–Crippen LogP) is 3.26. The summed E-state index contributed by atoms with van der Waals surface area (Å²) in [5, 5.41) is 0. The van der Waals surface area contributed by atoms with E-state index in [1.54, 1.807) is 10.4 Å². The van der Waals surface area contributed by atoms with Crippen LogP contribution < -0.4 is 0 Å². The summed E-state index contributed by atoms with van der Waals surface area (Å²) >= 11 is 0. The molecule has 0 bridgehead atoms. The molecule has 2 heterocycles. The van der Waals surface area contributed by atoms with Crippen LogP contribution in [0.25, 0.3) is 11.1 Å². The Bertz CT molecular complexity index is 1080. The number of benzene rings is 2. The van der Waals surface area contributed by atoms with Gasteiger partial charge < -0.3 is 4.42 Å². The van der Waals surface area contributed by atoms with E-state index in [1.165, 1.54) is 0 Å². The molecule has 2 aromatic carbocycles. The van der Waals surface area contributed by atoms with Crippen molar-refractivity contribution in [2.45, 2.75) is 32.2 Å². The van der Waals surface area contributed by atoms with E-state index in [4.69, 9.17) is 4.42 Å². The Labute approximate surface area is 165 Å². The summed E-state index contributed by atoms with van der Waals surface area (Å²) in [5.41, 5.74) is 4.54. The number of oxazole rings is 1. The minimum absolute atomic E-state index is 0.419. The molecule has 1 fully saturated rings. The number of fused-ring (bicyclic) bond motifs is 1. The summed E-state index contributed by atoms with van der Waals surface area (Å²) in [6.45, 7) is 8.65. The Kier molecular flexibility index (Phi) is 4.99. The summed E-state index contributed by atoms with van der Waals surface area (Å²) in [7, 11) is -3.48. The van der Waals surface area contributed by atoms with Crippen LogP contribution in [0.1, 0.15) is 22.6 Å². The molecule has 7 heteroatoms. The quantitative estimate of drug-likeness (QED) is 0.674. The largest absolute Gasteiger partial charge is 0.439 e. The molecule has 148 valence electrons. The summed E-state index contributed by atoms with van der Waals surface area (Å²) < 4.78 is 33.6. The topological polar surface area (TPSA) is 66.7 Å². The van der Waals surface area contributed by atoms with Gasteiger partial charge in [-0.1, -0.05) is 18.2 Å². The molecule has 0 atom stereocenters. The maximum Gasteiger partial charge on any atom is 0.243 e. The summed E-state index contributed by atoms with van der Waals surface area (Å²) in [6, 6.07) is 11.4. The van der Waals surface area contributed by atoms with Gasteiger partial charge in [-0.2, -0.15) is 4.31 Å². The van der Waals surface area contributed by atoms with Crippen LogP contribution in [0, 0.1) is 20.8 Å². The molecule has 3 aromatic rings. The van der Waals surface area contributed by atoms with Gasteiger partial charge in [0.05, 0.1) is 11.4 Å². The number of sulfonamides is 1. The van der Waals surface area contributed by atoms with Gasteiger partial charge in [-0.3, -0.25) is 4.90 Å². The minimum atomic E-state index is -3.48. The summed E-state index contributed by atoms with van der Waals surface area (Å²) in [6.07, 6.45) is 0. The number of nitrogens with zero attached hydrogens (tertiary/aromatic N) is 3. The average molecular weight is 400 g/mol. The van der Waals surface area contributed by atoms with Crippen molar-refractivity contribution in [3.05, 3.63) is 59.0 Å². The van der Waals surface area contributed by atoms with Gasteiger partial charge in [0, 0.05) is 26.2 Å². The Hall–Kier alpha value is -2.22. The Balaban J connectivity index is 1.45. The molecule has 1 aliphatic heterocycles. The lowest BCUT2D eigenvalue weighted by molar-refractivity contribution is 0.169. The lowest BCUT2D eigenvalue weighted by Gasteiger charge is -2.33. The molecule has 0 radical (unpaired) electrons. The molecule has 0 unspecified atom stereocenters. The molecular weight excluding hydrogens is 374 g/mol. The second-order valence-corrected chi connectivity index (χ2v) is 9.36. The van der Waals surface area contributed by atoms with E-state index in [-0.39, 0.29) is 0 Å². The maximum absolute atomic E-state index is 13.1. The third-order valence-electron chi connectivity index (χ3n) is 5.44. The number of hydrogen-bond donors (Lipinski definition) is 0. The van der Waals surface area contributed by atoms with Crippen molar-refractivity contribution >= 4 is 21.1 Å². The van der Waals surface area contributed by atoms with Crippen LogP contribution in [0.15, 0.2) is 45.7 Å². The van der Waals surface area contributed by atoms with Gasteiger partial charge in [0.25, 0.3) is 0 Å². The van der Waals surface area contributed by atoms with Crippen molar-refractivity contribution in [3.63, 3.8) is 0 Å². The number of piperazine rings is 1. The van der Waals surface area contributed by atoms with Crippen LogP contribution in [0.5, 0.6) is 0 Å². The standard InChI is InChI=1S/C21H25N3O3S/c1-15-12-17(3)20(13-16(15)2)28(25,26)24-10-8-23(9-11-24)14-21-22-18-6-4-5-7-19(18)27-21/h4-7,12-13H,8-11,14H2,1-3H3. The van der Waals surface area contributed by atoms with Gasteiger partial charge >= 0.3 is 0 Å². The fourth-order valence-corrected chi connectivity index (χ4v) is 5.37. The fourth-order valence-electron chi connectivity index (χ4n) is 3.66. The zero-order chi connectivity index (χ0) is 19.9. The molecule has 0 aliphatic carbocycles. The number of para-hydroxylation sites is 2. The van der Waals surface area contributed by atoms with Crippen LogP contribution >= 0.6 is 0 Å². The van der Waals surface area contributed by atoms with Gasteiger partial charge in [0.15, 0.2) is 5.58 Å². The van der Waals surface area contributed by atoms with E-state index in [1.807, 2.05) is 51.1 Å². The molecule has 0 saturated carbocycles. The van der Waals surface area contributed by atoms with Crippen LogP contribution in [0.4, 0.5) is 0 Å². The molecule has 28 heavy (non-hydrogen) atoms. The van der Waals surface area contributed by atoms with E-state index < -0.39 is 10.0 Å². The number of rotatable bonds is 4. The molecule has 6 nitrogen and oxygen atoms in total. The van der Waals surface area contributed by atoms with E-state index in [9.17, 15) is 8.42 Å². The van der Waals surface area contributed by atoms with Crippen LogP contribution in [-0.4, -0.2) is 48.8 Å². The first-order chi connectivity index (χ1) is 13.3. The number of aromatic nitrogens is 1. The maximum atomic E-state index is 13.1. The molecule has 0 spiro atoms. The first-order valence-electron chi connectivity index (χ1n) is 9.49. The van der Waals surface area contributed by atoms with E-state index in [2.05, 4.69) is 9.88 Å². The lowest BCUT2D eigenvalue weighted by atomic mass is 10.1. The van der Waals surface area contributed by atoms with Crippen molar-refractivity contribution in [2.75, 3.05) is 26.2 Å². The highest BCUT2D eigenvalue weighted by molar-refractivity contribution is 7.89. The predicted molar refractivity (Wildman–Crippen MR) is 109 cm³/mol. The Morgan fingerprint density at radius 2 is 1.64 bits per heavy atom. The zero-order valence-corrected chi connectivity index (χ0v) is 17.3. The molecule has 4 rings (SSSR count). The molecule has 1 saturated heterocycles. The second-order valence-electron chi connectivity index (χ2n) is 7.46. The average Bonchev–Trinajstić information content (AvgIpc) is 3.07. The van der Waals surface area contributed by atoms with E-state index in [0.717, 1.165) is 27.8 Å². The summed E-state index contributed by atoms with van der Waals surface area (Å²) in [4.78, 5) is 7.12. The van der Waals surface area contributed by atoms with Gasteiger partial charge in [0.2, 0.25) is 15.9 Å². The minimum Gasteiger partial charge on any atom is -0.439 e. The second kappa shape index (κ2) is 7.31. The van der Waals surface area contributed by atoms with Gasteiger partial charge in [-0.05, 0) is 55.7 Å². The van der Waals surface area contributed by atoms with Crippen molar-refractivity contribution < 1.29 is 12.8 Å². The van der Waals surface area contributed by atoms with E-state index in [0.29, 0.717) is 43.5 Å². The Morgan fingerprint density at radius 3 is 2.36 bits per heavy atom. The van der Waals surface area contributed by atoms with Crippen LogP contribution in [0.3, 0.4) is 0 Å². The SMILES string of the molecule is Cc1cc(C)c(S(=O)(=O)N2CCN(Cc3nc4ccccc4o3)CC2)cc1C. The van der Waals surface area contributed by atoms with Crippen molar-refractivity contribution in [1.82, 2.24) is 14.2 Å². The smallest absolute Gasteiger partial charge is 0.243 e. The normalized spacial score (nSPS) is 16.7. The highest BCUT2D eigenvalue weighted by atomic mass is 32.2.